The molecule has 22 heavy (non-hydrogen) atoms. The zero-order chi connectivity index (χ0) is 16.0. The molecule has 0 aromatic heterocycles. The van der Waals surface area contributed by atoms with Crippen LogP contribution in [0.2, 0.25) is 0 Å². The Bertz CT molecular complexity index is 455. The normalized spacial score (nSPS) is 11.2. The molecular formula is C18H31ClN2O. The Hall–Kier alpha value is -1.06. The Labute approximate surface area is 141 Å². The lowest BCUT2D eigenvalue weighted by molar-refractivity contribution is -0.130. The molecule has 0 saturated carbocycles. The quantitative estimate of drug-likeness (QED) is 0.835. The molecule has 0 radical (unpaired) electrons. The van der Waals surface area contributed by atoms with E-state index in [2.05, 4.69) is 52.0 Å². The largest absolute Gasteiger partial charge is 0.345 e. The molecule has 0 spiro atoms. The summed E-state index contributed by atoms with van der Waals surface area (Å²) in [6.45, 7) is 9.86. The van der Waals surface area contributed by atoms with Crippen LogP contribution in [0.1, 0.15) is 38.8 Å². The maximum atomic E-state index is 12.3. The van der Waals surface area contributed by atoms with Crippen molar-refractivity contribution in [2.75, 3.05) is 20.1 Å². The highest BCUT2D eigenvalue weighted by molar-refractivity contribution is 5.85. The second kappa shape index (κ2) is 9.16. The number of likely N-dealkylation sites (N-methyl/N-ethyl adjacent to an activating group) is 1. The fourth-order valence-corrected chi connectivity index (χ4v) is 2.37. The van der Waals surface area contributed by atoms with Crippen LogP contribution in [-0.4, -0.2) is 30.9 Å². The highest BCUT2D eigenvalue weighted by atomic mass is 35.5. The van der Waals surface area contributed by atoms with E-state index in [0.717, 1.165) is 12.0 Å². The van der Waals surface area contributed by atoms with Crippen LogP contribution >= 0.6 is 12.4 Å². The van der Waals surface area contributed by atoms with Gasteiger partial charge in [-0.25, -0.2) is 0 Å². The first kappa shape index (κ1) is 20.9. The van der Waals surface area contributed by atoms with Gasteiger partial charge in [-0.1, -0.05) is 52.0 Å². The average molecular weight is 327 g/mol. The maximum absolute atomic E-state index is 12.3. The molecule has 2 N–H and O–H groups in total. The number of rotatable bonds is 7. The van der Waals surface area contributed by atoms with Crippen molar-refractivity contribution < 1.29 is 4.79 Å². The number of amides is 1. The third-order valence-electron chi connectivity index (χ3n) is 3.67. The van der Waals surface area contributed by atoms with E-state index in [1.165, 1.54) is 5.56 Å². The number of carbonyl (C=O) groups excluding carboxylic acids is 1. The van der Waals surface area contributed by atoms with Gasteiger partial charge >= 0.3 is 0 Å². The molecule has 0 aliphatic carbocycles. The summed E-state index contributed by atoms with van der Waals surface area (Å²) in [6.07, 6.45) is 1.54. The standard InChI is InChI=1S/C18H30N2O.ClH/c1-14(2)10-15-6-8-16(9-7-15)11-17(21)20(5)13-18(3,4)12-19;/h6-9,14H,10-13,19H2,1-5H3;1H. The molecule has 1 amide bonds. The van der Waals surface area contributed by atoms with E-state index in [4.69, 9.17) is 5.73 Å². The highest BCUT2D eigenvalue weighted by Gasteiger charge is 2.21. The molecule has 1 aromatic rings. The van der Waals surface area contributed by atoms with E-state index < -0.39 is 0 Å². The summed E-state index contributed by atoms with van der Waals surface area (Å²) >= 11 is 0. The minimum atomic E-state index is -0.0362. The first-order valence-electron chi connectivity index (χ1n) is 7.75. The Morgan fingerprint density at radius 2 is 1.68 bits per heavy atom. The predicted octanol–water partition coefficient (Wildman–Crippen LogP) is 3.29. The van der Waals surface area contributed by atoms with Gasteiger partial charge in [0.2, 0.25) is 5.91 Å². The predicted molar refractivity (Wildman–Crippen MR) is 96.4 cm³/mol. The third-order valence-corrected chi connectivity index (χ3v) is 3.67. The van der Waals surface area contributed by atoms with Crippen LogP contribution in [0.4, 0.5) is 0 Å². The van der Waals surface area contributed by atoms with Crippen LogP contribution in [0.3, 0.4) is 0 Å². The van der Waals surface area contributed by atoms with Gasteiger partial charge in [-0.05, 0) is 35.4 Å². The SMILES string of the molecule is CC(C)Cc1ccc(CC(=O)N(C)CC(C)(C)CN)cc1.Cl. The van der Waals surface area contributed by atoms with Gasteiger partial charge in [0.05, 0.1) is 6.42 Å². The van der Waals surface area contributed by atoms with Crippen molar-refractivity contribution in [3.63, 3.8) is 0 Å². The number of benzene rings is 1. The molecule has 0 saturated heterocycles. The zero-order valence-electron chi connectivity index (χ0n) is 14.6. The number of hydrogen-bond donors (Lipinski definition) is 1. The van der Waals surface area contributed by atoms with Gasteiger partial charge in [-0.3, -0.25) is 4.79 Å². The van der Waals surface area contributed by atoms with E-state index in [-0.39, 0.29) is 23.7 Å². The van der Waals surface area contributed by atoms with Crippen LogP contribution < -0.4 is 5.73 Å². The summed E-state index contributed by atoms with van der Waals surface area (Å²) < 4.78 is 0. The minimum Gasteiger partial charge on any atom is -0.345 e. The average Bonchev–Trinajstić information content (AvgIpc) is 2.40. The van der Waals surface area contributed by atoms with Crippen molar-refractivity contribution in [3.8, 4) is 0 Å². The zero-order valence-corrected chi connectivity index (χ0v) is 15.4. The lowest BCUT2D eigenvalue weighted by atomic mass is 9.93. The number of halogens is 1. The van der Waals surface area contributed by atoms with Gasteiger partial charge in [-0.15, -0.1) is 12.4 Å². The van der Waals surface area contributed by atoms with Crippen molar-refractivity contribution >= 4 is 18.3 Å². The summed E-state index contributed by atoms with van der Waals surface area (Å²) in [4.78, 5) is 14.0. The second-order valence-electron chi connectivity index (χ2n) is 7.21. The van der Waals surface area contributed by atoms with Gasteiger partial charge < -0.3 is 10.6 Å². The van der Waals surface area contributed by atoms with Gasteiger partial charge in [0.1, 0.15) is 0 Å². The maximum Gasteiger partial charge on any atom is 0.226 e. The molecule has 1 rings (SSSR count). The second-order valence-corrected chi connectivity index (χ2v) is 7.21. The Kier molecular flexibility index (Phi) is 8.72. The molecule has 126 valence electrons. The van der Waals surface area contributed by atoms with Crippen molar-refractivity contribution in [1.29, 1.82) is 0 Å². The van der Waals surface area contributed by atoms with Crippen molar-refractivity contribution in [2.45, 2.75) is 40.5 Å². The van der Waals surface area contributed by atoms with E-state index >= 15 is 0 Å². The van der Waals surface area contributed by atoms with E-state index in [1.54, 1.807) is 4.90 Å². The Morgan fingerprint density at radius 3 is 2.14 bits per heavy atom. The Morgan fingerprint density at radius 1 is 1.18 bits per heavy atom. The van der Waals surface area contributed by atoms with Gasteiger partial charge in [0, 0.05) is 13.6 Å². The summed E-state index contributed by atoms with van der Waals surface area (Å²) in [7, 11) is 1.85. The molecule has 0 heterocycles. The van der Waals surface area contributed by atoms with E-state index in [1.807, 2.05) is 7.05 Å². The van der Waals surface area contributed by atoms with Crippen molar-refractivity contribution in [1.82, 2.24) is 4.90 Å². The molecular weight excluding hydrogens is 296 g/mol. The fraction of sp³-hybridized carbons (Fsp3) is 0.611. The summed E-state index contributed by atoms with van der Waals surface area (Å²) in [5.41, 5.74) is 8.10. The van der Waals surface area contributed by atoms with Gasteiger partial charge in [0.15, 0.2) is 0 Å². The number of nitrogens with zero attached hydrogens (tertiary/aromatic N) is 1. The smallest absolute Gasteiger partial charge is 0.226 e. The molecule has 0 atom stereocenters. The summed E-state index contributed by atoms with van der Waals surface area (Å²) in [5, 5.41) is 0. The van der Waals surface area contributed by atoms with E-state index in [0.29, 0.717) is 25.4 Å². The molecule has 0 bridgehead atoms. The molecule has 0 aliphatic rings. The molecule has 3 nitrogen and oxygen atoms in total. The minimum absolute atomic E-state index is 0. The molecule has 0 fully saturated rings. The molecule has 4 heteroatoms. The van der Waals surface area contributed by atoms with Crippen molar-refractivity contribution in [3.05, 3.63) is 35.4 Å². The van der Waals surface area contributed by atoms with Crippen molar-refractivity contribution in [2.24, 2.45) is 17.1 Å². The van der Waals surface area contributed by atoms with Crippen LogP contribution in [0.25, 0.3) is 0 Å². The number of hydrogen-bond acceptors (Lipinski definition) is 2. The fourth-order valence-electron chi connectivity index (χ4n) is 2.37. The number of nitrogens with two attached hydrogens (primary N) is 1. The number of carbonyl (C=O) groups is 1. The first-order valence-corrected chi connectivity index (χ1v) is 7.75. The summed E-state index contributed by atoms with van der Waals surface area (Å²) in [5.74, 6) is 0.801. The lowest BCUT2D eigenvalue weighted by Crippen LogP contribution is -2.40. The lowest BCUT2D eigenvalue weighted by Gasteiger charge is -2.29. The van der Waals surface area contributed by atoms with Crippen LogP contribution in [0, 0.1) is 11.3 Å². The van der Waals surface area contributed by atoms with Crippen LogP contribution in [-0.2, 0) is 17.6 Å². The topological polar surface area (TPSA) is 46.3 Å². The van der Waals surface area contributed by atoms with Crippen LogP contribution in [0.5, 0.6) is 0 Å². The monoisotopic (exact) mass is 326 g/mol. The van der Waals surface area contributed by atoms with Gasteiger partial charge in [0.25, 0.3) is 0 Å². The van der Waals surface area contributed by atoms with Gasteiger partial charge in [-0.2, -0.15) is 0 Å². The van der Waals surface area contributed by atoms with E-state index in [9.17, 15) is 4.79 Å². The third kappa shape index (κ3) is 7.28. The highest BCUT2D eigenvalue weighted by Crippen LogP contribution is 2.15. The Balaban J connectivity index is 0.00000441. The molecule has 1 aromatic carbocycles. The van der Waals surface area contributed by atoms with Crippen LogP contribution in [0.15, 0.2) is 24.3 Å². The first-order chi connectivity index (χ1) is 9.73. The summed E-state index contributed by atoms with van der Waals surface area (Å²) in [6, 6.07) is 8.40. The molecule has 0 unspecified atom stereocenters. The molecule has 0 aliphatic heterocycles.